The lowest BCUT2D eigenvalue weighted by atomic mass is 9.99. The van der Waals surface area contributed by atoms with Gasteiger partial charge in [-0.1, -0.05) is 43.3 Å². The predicted octanol–water partition coefficient (Wildman–Crippen LogP) is 9.17. The minimum Gasteiger partial charge on any atom is -0.493 e. The first kappa shape index (κ1) is 46.4. The number of nitrogens with zero attached hydrogens (tertiary/aromatic N) is 4. The summed E-state index contributed by atoms with van der Waals surface area (Å²) >= 11 is 0. The molecule has 0 unspecified atom stereocenters. The Hall–Kier alpha value is -6.70. The monoisotopic (exact) mass is 920 g/mol. The summed E-state index contributed by atoms with van der Waals surface area (Å²) in [6.45, 7) is 7.71. The summed E-state index contributed by atoms with van der Waals surface area (Å²) in [7, 11) is 3.00. The van der Waals surface area contributed by atoms with E-state index < -0.39 is 0 Å². The number of para-hydroxylation sites is 2. The highest BCUT2D eigenvalue weighted by Gasteiger charge is 2.38. The fourth-order valence-electron chi connectivity index (χ4n) is 9.84. The molecule has 9 rings (SSSR count). The highest BCUT2D eigenvalue weighted by molar-refractivity contribution is 6.14. The number of hydrogen-bond acceptors (Lipinski definition) is 11. The average Bonchev–Trinajstić information content (AvgIpc) is 3.85. The molecule has 0 aliphatic carbocycles. The molecular weight excluding hydrogens is 861 g/mol. The first-order valence-electron chi connectivity index (χ1n) is 23.8. The molecule has 4 heterocycles. The Morgan fingerprint density at radius 1 is 0.721 bits per heavy atom. The van der Waals surface area contributed by atoms with Crippen LogP contribution in [0.1, 0.15) is 86.7 Å². The number of fused-ring (bicyclic) bond motifs is 8. The molecule has 4 aliphatic rings. The van der Waals surface area contributed by atoms with E-state index in [0.29, 0.717) is 80.0 Å². The van der Waals surface area contributed by atoms with Crippen molar-refractivity contribution in [2.45, 2.75) is 84.1 Å². The van der Waals surface area contributed by atoms with E-state index in [-0.39, 0.29) is 49.5 Å². The maximum absolute atomic E-state index is 14.2. The topological polar surface area (TPSA) is 129 Å². The largest absolute Gasteiger partial charge is 0.493 e. The van der Waals surface area contributed by atoms with Crippen LogP contribution in [-0.4, -0.2) is 89.8 Å². The van der Waals surface area contributed by atoms with Crippen LogP contribution in [0.25, 0.3) is 0 Å². The molecule has 0 bridgehead atoms. The zero-order chi connectivity index (χ0) is 47.1. The normalized spacial score (nSPS) is 16.5. The summed E-state index contributed by atoms with van der Waals surface area (Å²) in [4.78, 5) is 51.3. The molecule has 13 heteroatoms. The fourth-order valence-corrected chi connectivity index (χ4v) is 9.84. The highest BCUT2D eigenvalue weighted by atomic mass is 16.5. The predicted molar refractivity (Wildman–Crippen MR) is 263 cm³/mol. The molecule has 354 valence electrons. The Labute approximate surface area is 398 Å². The number of rotatable bonds is 20. The van der Waals surface area contributed by atoms with Gasteiger partial charge in [0.05, 0.1) is 51.3 Å². The Morgan fingerprint density at radius 2 is 1.41 bits per heavy atom. The van der Waals surface area contributed by atoms with Crippen LogP contribution in [0.15, 0.2) is 96.0 Å². The molecule has 2 atom stereocenters. The maximum Gasteiger partial charge on any atom is 0.305 e. The molecule has 5 aromatic rings. The number of carbonyl (C=O) groups excluding carboxylic acids is 3. The van der Waals surface area contributed by atoms with Crippen molar-refractivity contribution in [3.05, 3.63) is 136 Å². The van der Waals surface area contributed by atoms with E-state index in [1.807, 2.05) is 83.6 Å². The van der Waals surface area contributed by atoms with Crippen LogP contribution in [0.4, 0.5) is 22.7 Å². The number of aliphatic imine (C=N–C) groups is 1. The minimum atomic E-state index is -0.264. The Kier molecular flexibility index (Phi) is 14.4. The molecule has 2 amide bonds. The molecule has 0 aromatic heterocycles. The highest BCUT2D eigenvalue weighted by Crippen LogP contribution is 2.42. The average molecular weight is 921 g/mol. The van der Waals surface area contributed by atoms with Crippen LogP contribution in [0.3, 0.4) is 0 Å². The van der Waals surface area contributed by atoms with E-state index >= 15 is 0 Å². The second-order valence-electron chi connectivity index (χ2n) is 17.8. The van der Waals surface area contributed by atoms with Crippen LogP contribution in [-0.2, 0) is 51.5 Å². The van der Waals surface area contributed by atoms with Crippen LogP contribution in [0.2, 0.25) is 0 Å². The van der Waals surface area contributed by atoms with E-state index in [0.717, 1.165) is 77.0 Å². The number of amides is 2. The molecule has 0 saturated heterocycles. The van der Waals surface area contributed by atoms with Gasteiger partial charge < -0.3 is 38.2 Å². The second-order valence-corrected chi connectivity index (χ2v) is 17.8. The Balaban J connectivity index is 0.982. The van der Waals surface area contributed by atoms with Gasteiger partial charge in [0.15, 0.2) is 11.5 Å². The van der Waals surface area contributed by atoms with Gasteiger partial charge in [0.1, 0.15) is 19.0 Å². The molecule has 13 nitrogen and oxygen atoms in total. The molecule has 0 saturated carbocycles. The van der Waals surface area contributed by atoms with E-state index in [1.165, 1.54) is 12.7 Å². The first-order valence-corrected chi connectivity index (χ1v) is 23.8. The number of carbonyl (C=O) groups is 3. The van der Waals surface area contributed by atoms with Gasteiger partial charge in [-0.15, -0.1) is 0 Å². The summed E-state index contributed by atoms with van der Waals surface area (Å²) < 4.78 is 35.7. The number of esters is 1. The van der Waals surface area contributed by atoms with E-state index in [1.54, 1.807) is 7.11 Å². The van der Waals surface area contributed by atoms with Crippen molar-refractivity contribution in [2.24, 2.45) is 4.99 Å². The van der Waals surface area contributed by atoms with Gasteiger partial charge in [-0.3, -0.25) is 24.3 Å². The number of benzene rings is 5. The van der Waals surface area contributed by atoms with E-state index in [2.05, 4.69) is 42.2 Å². The lowest BCUT2D eigenvalue weighted by Gasteiger charge is -2.26. The number of anilines is 3. The number of methoxy groups -OCH3 is 2. The summed E-state index contributed by atoms with van der Waals surface area (Å²) in [5.41, 5.74) is 10.4. The van der Waals surface area contributed by atoms with Crippen molar-refractivity contribution in [2.75, 3.05) is 68.4 Å². The third-order valence-electron chi connectivity index (χ3n) is 13.3. The van der Waals surface area contributed by atoms with E-state index in [4.69, 9.17) is 33.4 Å². The quantitative estimate of drug-likeness (QED) is 0.0551. The van der Waals surface area contributed by atoms with Crippen molar-refractivity contribution in [3.63, 3.8) is 0 Å². The van der Waals surface area contributed by atoms with Gasteiger partial charge >= 0.3 is 5.97 Å². The Bertz CT molecular complexity index is 2700. The van der Waals surface area contributed by atoms with Crippen LogP contribution < -0.4 is 28.9 Å². The zero-order valence-electron chi connectivity index (χ0n) is 39.5. The zero-order valence-corrected chi connectivity index (χ0v) is 39.5. The molecule has 68 heavy (non-hydrogen) atoms. The van der Waals surface area contributed by atoms with Gasteiger partial charge in [0.2, 0.25) is 0 Å². The van der Waals surface area contributed by atoms with Gasteiger partial charge in [-0.05, 0) is 121 Å². The van der Waals surface area contributed by atoms with Crippen molar-refractivity contribution >= 4 is 46.7 Å². The van der Waals surface area contributed by atoms with Crippen molar-refractivity contribution in [1.29, 1.82) is 0 Å². The lowest BCUT2D eigenvalue weighted by molar-refractivity contribution is -0.140. The maximum atomic E-state index is 14.2. The van der Waals surface area contributed by atoms with Crippen molar-refractivity contribution in [1.82, 2.24) is 0 Å². The van der Waals surface area contributed by atoms with Crippen molar-refractivity contribution < 1.29 is 42.8 Å². The van der Waals surface area contributed by atoms with Crippen LogP contribution >= 0.6 is 0 Å². The number of ether oxygens (including phenoxy) is 6. The molecule has 5 aromatic carbocycles. The van der Waals surface area contributed by atoms with Gasteiger partial charge in [-0.2, -0.15) is 0 Å². The lowest BCUT2D eigenvalue weighted by Crippen LogP contribution is -2.37. The van der Waals surface area contributed by atoms with Crippen molar-refractivity contribution in [3.8, 4) is 17.2 Å². The van der Waals surface area contributed by atoms with Crippen LogP contribution in [0, 0.1) is 6.92 Å². The Morgan fingerprint density at radius 3 is 2.15 bits per heavy atom. The molecular formula is C55H60N4O9. The SMILES string of the molecule is CCCOCCOCCN(CCCC(=O)OC)c1cc(COc2cc3c(cc2C)C(=O)N2c4ccccc4C[C@H]2C=N3)cc(COc2cc3c(cc2OC)C(=O)N2c4ccccc4C[C@H]2CC3)c1. The third kappa shape index (κ3) is 9.95. The van der Waals surface area contributed by atoms with Gasteiger partial charge in [-0.25, -0.2) is 0 Å². The second kappa shape index (κ2) is 21.1. The number of aryl methyl sites for hydroxylation is 2. The summed E-state index contributed by atoms with van der Waals surface area (Å²) in [6.07, 6.45) is 6.79. The summed E-state index contributed by atoms with van der Waals surface area (Å²) in [6, 6.07) is 29.9. The van der Waals surface area contributed by atoms with E-state index in [9.17, 15) is 14.4 Å². The number of hydrogen-bond donors (Lipinski definition) is 0. The summed E-state index contributed by atoms with van der Waals surface area (Å²) in [5.74, 6) is 1.30. The van der Waals surface area contributed by atoms with Gasteiger partial charge in [0.25, 0.3) is 11.8 Å². The molecule has 0 N–H and O–H groups in total. The first-order chi connectivity index (χ1) is 33.2. The third-order valence-corrected chi connectivity index (χ3v) is 13.3. The smallest absolute Gasteiger partial charge is 0.305 e. The molecule has 0 fully saturated rings. The summed E-state index contributed by atoms with van der Waals surface area (Å²) in [5, 5.41) is 0. The van der Waals surface area contributed by atoms with Crippen LogP contribution in [0.5, 0.6) is 17.2 Å². The molecule has 0 radical (unpaired) electrons. The fraction of sp³-hybridized carbons (Fsp3) is 0.382. The van der Waals surface area contributed by atoms with Gasteiger partial charge in [0, 0.05) is 73.5 Å². The molecule has 0 spiro atoms. The molecule has 4 aliphatic heterocycles. The minimum absolute atomic E-state index is 0.0198. The standard InChI is InChI=1S/C55H60N4O9/c1-5-20-65-22-23-66-21-19-57(18-10-15-53(60)64-4)43-26-37(34-67-50-32-47-46(24-36(50)2)55(62)59-44(33-56-47)29-41-12-7-9-14-49(41)59)25-38(27-43)35-68-52-30-39-16-17-42-28-40-11-6-8-13-48(40)58(42)54(61)45(39)31-51(52)63-3/h6-9,11-14,24-27,30-33,42,44H,5,10,15-23,28-29,34-35H2,1-4H3/t42-,44+/m1/s1.